The molecule has 0 aromatic heterocycles. The summed E-state index contributed by atoms with van der Waals surface area (Å²) < 4.78 is 138. The van der Waals surface area contributed by atoms with Crippen LogP contribution in [-0.2, 0) is 40.5 Å². The molecule has 6 aromatic carbocycles. The van der Waals surface area contributed by atoms with Crippen molar-refractivity contribution in [3.05, 3.63) is 97.1 Å². The molecule has 0 fully saturated rings. The molecule has 0 atom stereocenters. The van der Waals surface area contributed by atoms with Gasteiger partial charge < -0.3 is 10.2 Å². The first-order chi connectivity index (χ1) is 25.1. The molecule has 0 amide bonds. The molecule has 0 heterocycles. The van der Waals surface area contributed by atoms with Gasteiger partial charge in [-0.1, -0.05) is 60.7 Å². The van der Waals surface area contributed by atoms with Gasteiger partial charge in [0.2, 0.25) is 0 Å². The van der Waals surface area contributed by atoms with Crippen LogP contribution in [-0.4, -0.2) is 62.1 Å². The van der Waals surface area contributed by atoms with Crippen molar-refractivity contribution in [3.63, 3.8) is 0 Å². The Bertz CT molecular complexity index is 2890. The van der Waals surface area contributed by atoms with Gasteiger partial charge in [-0.3, -0.25) is 18.2 Å². The standard InChI is InChI=1S/C32H22N4O14S4.4Na/c37-31-23-7-3-1-5-19(23)29(53(45,46)47)15-25(31)35-33-17-9-11-21(27(13-17)51(39,40)41)22-12-10-18(14-28(22)52(42,43)44)34-36-26-16-30(54(48,49)50)20-6-2-4-8-24(20)32(26)38;;;;/h1-16,37-38H,(H,39,40,41)(H,42,43,44)(H,45,46,47)(H,48,49,50);;;;/q;4*+1. The van der Waals surface area contributed by atoms with E-state index in [4.69, 9.17) is 0 Å². The van der Waals surface area contributed by atoms with E-state index in [1.54, 1.807) is 0 Å². The van der Waals surface area contributed by atoms with Crippen LogP contribution in [0.3, 0.4) is 0 Å². The first-order valence-corrected chi connectivity index (χ1v) is 20.4. The molecule has 0 radical (unpaired) electrons. The Morgan fingerprint density at radius 2 is 0.655 bits per heavy atom. The molecular formula is C32H22N4Na4O14S4+4. The van der Waals surface area contributed by atoms with Crippen LogP contribution in [0.25, 0.3) is 32.7 Å². The van der Waals surface area contributed by atoms with E-state index in [-0.39, 0.29) is 151 Å². The van der Waals surface area contributed by atoms with E-state index in [1.165, 1.54) is 48.5 Å². The van der Waals surface area contributed by atoms with Gasteiger partial charge in [-0.05, 0) is 36.4 Å². The van der Waals surface area contributed by atoms with E-state index < -0.39 is 94.1 Å². The monoisotopic (exact) mass is 906 g/mol. The molecule has 0 aliphatic carbocycles. The average molecular weight is 907 g/mol. The van der Waals surface area contributed by atoms with E-state index >= 15 is 0 Å². The summed E-state index contributed by atoms with van der Waals surface area (Å²) in [6.07, 6.45) is 0. The van der Waals surface area contributed by atoms with E-state index in [0.29, 0.717) is 0 Å². The Labute approximate surface area is 419 Å². The number of benzene rings is 6. The molecule has 0 aliphatic heterocycles. The van der Waals surface area contributed by atoms with Crippen molar-refractivity contribution in [3.8, 4) is 22.6 Å². The minimum Gasteiger partial charge on any atom is -0.505 e. The van der Waals surface area contributed by atoms with Gasteiger partial charge >= 0.3 is 118 Å². The molecule has 0 aliphatic rings. The largest absolute Gasteiger partial charge is 1.00 e. The van der Waals surface area contributed by atoms with Gasteiger partial charge in [0.1, 0.15) is 31.0 Å². The van der Waals surface area contributed by atoms with Gasteiger partial charge in [-0.15, -0.1) is 10.2 Å². The number of rotatable bonds is 9. The minimum atomic E-state index is -5.19. The van der Waals surface area contributed by atoms with Crippen molar-refractivity contribution >= 4 is 84.8 Å². The summed E-state index contributed by atoms with van der Waals surface area (Å²) in [5, 5.41) is 36.5. The van der Waals surface area contributed by atoms with Crippen LogP contribution in [0.2, 0.25) is 0 Å². The van der Waals surface area contributed by atoms with Crippen molar-refractivity contribution in [2.45, 2.75) is 19.6 Å². The minimum absolute atomic E-state index is 0. The SMILES string of the molecule is O=S(=O)(O)c1cc(N=Nc2cc(S(=O)(=O)O)c3ccccc3c2O)ccc1-c1ccc(N=Nc2cc(S(=O)(=O)O)c3ccccc3c2O)cc1S(=O)(=O)O.[Na+].[Na+].[Na+].[Na+]. The molecule has 18 nitrogen and oxygen atoms in total. The van der Waals surface area contributed by atoms with Gasteiger partial charge in [0.15, 0.2) is 11.5 Å². The molecule has 0 bridgehead atoms. The number of phenols is 2. The molecule has 6 N–H and O–H groups in total. The number of fused-ring (bicyclic) bond motifs is 2. The quantitative estimate of drug-likeness (QED) is 0.0450. The first-order valence-electron chi connectivity index (χ1n) is 14.7. The number of hydrogen-bond acceptors (Lipinski definition) is 14. The number of aromatic hydroxyl groups is 2. The van der Waals surface area contributed by atoms with Crippen LogP contribution in [0.1, 0.15) is 0 Å². The van der Waals surface area contributed by atoms with Crippen LogP contribution >= 0.6 is 0 Å². The Balaban J connectivity index is 0.00000290. The summed E-state index contributed by atoms with van der Waals surface area (Å²) >= 11 is 0. The molecule has 0 saturated heterocycles. The second-order valence-corrected chi connectivity index (χ2v) is 16.8. The molecule has 0 unspecified atom stereocenters. The topological polar surface area (TPSA) is 307 Å². The summed E-state index contributed by atoms with van der Waals surface area (Å²) in [6, 6.07) is 18.6. The second kappa shape index (κ2) is 20.0. The smallest absolute Gasteiger partial charge is 0.505 e. The molecule has 58 heavy (non-hydrogen) atoms. The van der Waals surface area contributed by atoms with Crippen molar-refractivity contribution in [2.75, 3.05) is 0 Å². The van der Waals surface area contributed by atoms with Crippen molar-refractivity contribution in [1.82, 2.24) is 0 Å². The Morgan fingerprint density at radius 1 is 0.362 bits per heavy atom. The predicted octanol–water partition coefficient (Wildman–Crippen LogP) is -5.10. The summed E-state index contributed by atoms with van der Waals surface area (Å²) in [5.41, 5.74) is -2.48. The zero-order chi connectivity index (χ0) is 39.4. The Morgan fingerprint density at radius 3 is 0.948 bits per heavy atom. The van der Waals surface area contributed by atoms with E-state index in [9.17, 15) is 62.1 Å². The second-order valence-electron chi connectivity index (χ2n) is 11.2. The van der Waals surface area contributed by atoms with Gasteiger partial charge in [0.25, 0.3) is 40.5 Å². The van der Waals surface area contributed by atoms with Crippen LogP contribution in [0.5, 0.6) is 11.5 Å². The van der Waals surface area contributed by atoms with Gasteiger partial charge in [-0.2, -0.15) is 43.9 Å². The third kappa shape index (κ3) is 11.4. The maximum atomic E-state index is 12.5. The molecule has 26 heteroatoms. The Hall–Kier alpha value is -1.72. The molecule has 6 aromatic rings. The predicted molar refractivity (Wildman–Crippen MR) is 191 cm³/mol. The van der Waals surface area contributed by atoms with Gasteiger partial charge in [0, 0.05) is 32.7 Å². The van der Waals surface area contributed by atoms with Crippen LogP contribution in [0.15, 0.2) is 137 Å². The summed E-state index contributed by atoms with van der Waals surface area (Å²) in [6.45, 7) is 0. The molecule has 0 spiro atoms. The molecule has 0 saturated carbocycles. The molecule has 278 valence electrons. The normalized spacial score (nSPS) is 12.1. The molecule has 6 rings (SSSR count). The van der Waals surface area contributed by atoms with E-state index in [1.807, 2.05) is 0 Å². The number of azo groups is 2. The first kappa shape index (κ1) is 52.4. The van der Waals surface area contributed by atoms with E-state index in [0.717, 1.165) is 48.5 Å². The average Bonchev–Trinajstić information content (AvgIpc) is 3.09. The zero-order valence-electron chi connectivity index (χ0n) is 30.6. The van der Waals surface area contributed by atoms with Crippen molar-refractivity contribution in [2.24, 2.45) is 20.5 Å². The van der Waals surface area contributed by atoms with Crippen LogP contribution in [0, 0.1) is 0 Å². The van der Waals surface area contributed by atoms with E-state index in [2.05, 4.69) is 20.5 Å². The number of phenolic OH excluding ortho intramolecular Hbond substituents is 2. The summed E-state index contributed by atoms with van der Waals surface area (Å²) in [5.74, 6) is -1.09. The maximum Gasteiger partial charge on any atom is 1.00 e. The zero-order valence-corrected chi connectivity index (χ0v) is 41.9. The molecular weight excluding hydrogens is 885 g/mol. The number of hydrogen-bond donors (Lipinski definition) is 6. The maximum absolute atomic E-state index is 12.5. The van der Waals surface area contributed by atoms with Crippen molar-refractivity contribution < 1.29 is 180 Å². The van der Waals surface area contributed by atoms with Crippen molar-refractivity contribution in [1.29, 1.82) is 0 Å². The summed E-state index contributed by atoms with van der Waals surface area (Å²) in [7, 11) is -20.0. The number of nitrogens with zero attached hydrogens (tertiary/aromatic N) is 4. The summed E-state index contributed by atoms with van der Waals surface area (Å²) in [4.78, 5) is -3.09. The van der Waals surface area contributed by atoms with Crippen LogP contribution < -0.4 is 118 Å². The van der Waals surface area contributed by atoms with Crippen LogP contribution in [0.4, 0.5) is 22.7 Å². The van der Waals surface area contributed by atoms with Gasteiger partial charge in [-0.25, -0.2) is 0 Å². The fourth-order valence-corrected chi connectivity index (χ4v) is 8.33. The fourth-order valence-electron chi connectivity index (χ4n) is 5.45. The third-order valence-corrected chi connectivity index (χ3v) is 11.4. The van der Waals surface area contributed by atoms with Gasteiger partial charge in [0.05, 0.1) is 11.4 Å². The Kier molecular flexibility index (Phi) is 18.1. The fraction of sp³-hybridized carbons (Fsp3) is 0. The third-order valence-electron chi connectivity index (χ3n) is 7.79.